The van der Waals surface area contributed by atoms with Crippen LogP contribution in [0.3, 0.4) is 0 Å². The minimum Gasteiger partial charge on any atom is -0.433 e. The first-order chi connectivity index (χ1) is 18.9. The lowest BCUT2D eigenvalue weighted by Crippen LogP contribution is -2.43. The van der Waals surface area contributed by atoms with E-state index < -0.39 is 5.60 Å². The average Bonchev–Trinajstić information content (AvgIpc) is 3.60. The van der Waals surface area contributed by atoms with Crippen LogP contribution >= 0.6 is 0 Å². The van der Waals surface area contributed by atoms with Gasteiger partial charge >= 0.3 is 0 Å². The van der Waals surface area contributed by atoms with E-state index in [4.69, 9.17) is 24.9 Å². The van der Waals surface area contributed by atoms with Crippen molar-refractivity contribution in [1.82, 2.24) is 24.6 Å². The highest BCUT2D eigenvalue weighted by molar-refractivity contribution is 5.69. The average molecular weight is 536 g/mol. The van der Waals surface area contributed by atoms with Gasteiger partial charge in [-0.1, -0.05) is 0 Å². The molecular formula is C28H37N7O4. The Morgan fingerprint density at radius 2 is 1.95 bits per heavy atom. The van der Waals surface area contributed by atoms with Crippen LogP contribution in [0.5, 0.6) is 11.6 Å². The van der Waals surface area contributed by atoms with Crippen molar-refractivity contribution >= 4 is 11.5 Å². The summed E-state index contributed by atoms with van der Waals surface area (Å²) in [6.45, 7) is 7.09. The van der Waals surface area contributed by atoms with Crippen LogP contribution in [0.1, 0.15) is 37.8 Å². The first-order valence-electron chi connectivity index (χ1n) is 13.7. The Morgan fingerprint density at radius 1 is 1.10 bits per heavy atom. The Morgan fingerprint density at radius 3 is 2.72 bits per heavy atom. The minimum atomic E-state index is -1.05. The predicted octanol–water partition coefficient (Wildman–Crippen LogP) is 2.81. The van der Waals surface area contributed by atoms with E-state index in [1.807, 2.05) is 16.9 Å². The van der Waals surface area contributed by atoms with Gasteiger partial charge in [0.2, 0.25) is 0 Å². The quantitative estimate of drug-likeness (QED) is 0.487. The van der Waals surface area contributed by atoms with Crippen LogP contribution in [-0.4, -0.2) is 88.9 Å². The van der Waals surface area contributed by atoms with Crippen molar-refractivity contribution in [1.29, 1.82) is 0 Å². The fourth-order valence-electron chi connectivity index (χ4n) is 5.63. The summed E-state index contributed by atoms with van der Waals surface area (Å²) in [7, 11) is 2.14. The normalized spacial score (nSPS) is 24.8. The maximum absolute atomic E-state index is 11.4. The second kappa shape index (κ2) is 10.7. The topological polar surface area (TPSA) is 124 Å². The Bertz CT molecular complexity index is 1300. The lowest BCUT2D eigenvalue weighted by molar-refractivity contribution is 0.0232. The van der Waals surface area contributed by atoms with Crippen LogP contribution < -0.4 is 15.4 Å². The number of hydrogen-bond donors (Lipinski definition) is 2. The van der Waals surface area contributed by atoms with Crippen molar-refractivity contribution in [3.05, 3.63) is 42.4 Å². The first kappa shape index (κ1) is 26.0. The zero-order valence-electron chi connectivity index (χ0n) is 22.6. The molecule has 0 bridgehead atoms. The number of nitrogens with two attached hydrogens (primary N) is 1. The molecule has 0 amide bonds. The molecule has 11 heteroatoms. The van der Waals surface area contributed by atoms with Gasteiger partial charge in [0, 0.05) is 36.9 Å². The lowest BCUT2D eigenvalue weighted by atomic mass is 9.90. The summed E-state index contributed by atoms with van der Waals surface area (Å²) in [6, 6.07) is 6.65. The van der Waals surface area contributed by atoms with Gasteiger partial charge in [0.25, 0.3) is 5.88 Å². The number of hydrogen-bond acceptors (Lipinski definition) is 10. The Labute approximate surface area is 228 Å². The highest BCUT2D eigenvalue weighted by Crippen LogP contribution is 2.37. The van der Waals surface area contributed by atoms with Crippen LogP contribution in [0, 0.1) is 0 Å². The maximum Gasteiger partial charge on any atom is 0.263 e. The van der Waals surface area contributed by atoms with Crippen molar-refractivity contribution < 1.29 is 19.3 Å². The van der Waals surface area contributed by atoms with Crippen LogP contribution in [0.25, 0.3) is 11.3 Å². The van der Waals surface area contributed by atoms with Crippen molar-refractivity contribution in [2.45, 2.75) is 43.9 Å². The molecule has 0 spiro atoms. The summed E-state index contributed by atoms with van der Waals surface area (Å²) in [5, 5.41) is 15.9. The molecule has 3 aromatic rings. The molecule has 3 aliphatic rings. The van der Waals surface area contributed by atoms with Gasteiger partial charge in [-0.25, -0.2) is 9.97 Å². The number of likely N-dealkylation sites (tertiary alicyclic amines) is 1. The van der Waals surface area contributed by atoms with Crippen molar-refractivity contribution in [2.24, 2.45) is 0 Å². The molecular weight excluding hydrogens is 498 g/mol. The summed E-state index contributed by atoms with van der Waals surface area (Å²) in [5.74, 6) is 0.998. The van der Waals surface area contributed by atoms with E-state index in [2.05, 4.69) is 46.0 Å². The van der Waals surface area contributed by atoms with Gasteiger partial charge in [-0.2, -0.15) is 5.10 Å². The third-order valence-electron chi connectivity index (χ3n) is 8.07. The largest absolute Gasteiger partial charge is 0.433 e. The molecule has 0 aliphatic carbocycles. The minimum absolute atomic E-state index is 0.201. The van der Waals surface area contributed by atoms with Gasteiger partial charge < -0.3 is 34.9 Å². The molecule has 5 heterocycles. The van der Waals surface area contributed by atoms with Crippen molar-refractivity contribution in [3.63, 3.8) is 0 Å². The Kier molecular flexibility index (Phi) is 7.15. The van der Waals surface area contributed by atoms with E-state index >= 15 is 0 Å². The number of morpholine rings is 1. The number of aliphatic hydroxyl groups is 1. The molecule has 0 radical (unpaired) electrons. The number of aromatic nitrogens is 4. The molecule has 3 fully saturated rings. The van der Waals surface area contributed by atoms with Gasteiger partial charge in [-0.3, -0.25) is 4.68 Å². The molecule has 1 aromatic carbocycles. The van der Waals surface area contributed by atoms with Crippen LogP contribution in [0.15, 0.2) is 36.8 Å². The monoisotopic (exact) mass is 535 g/mol. The summed E-state index contributed by atoms with van der Waals surface area (Å²) in [6.07, 6.45) is 7.88. The van der Waals surface area contributed by atoms with Crippen molar-refractivity contribution in [2.75, 3.05) is 63.7 Å². The lowest BCUT2D eigenvalue weighted by Gasteiger charge is -2.36. The van der Waals surface area contributed by atoms with Crippen LogP contribution in [-0.2, 0) is 15.1 Å². The molecule has 39 heavy (non-hydrogen) atoms. The SMILES string of the molecule is C[C@H]1COCCN1c1cc(-c2cnc(N)c(Oc3cnn(C4CCN(C)CC4)c3)n2)cc([C@]2(O)CCOC2)c1. The Hall–Kier alpha value is -3.25. The zero-order valence-corrected chi connectivity index (χ0v) is 22.6. The third-order valence-corrected chi connectivity index (χ3v) is 8.07. The number of benzene rings is 1. The zero-order chi connectivity index (χ0) is 27.0. The first-order valence-corrected chi connectivity index (χ1v) is 13.7. The molecule has 0 unspecified atom stereocenters. The van der Waals surface area contributed by atoms with E-state index in [9.17, 15) is 5.11 Å². The summed E-state index contributed by atoms with van der Waals surface area (Å²) < 4.78 is 19.3. The molecule has 11 nitrogen and oxygen atoms in total. The van der Waals surface area contributed by atoms with Gasteiger partial charge in [0.05, 0.1) is 50.1 Å². The van der Waals surface area contributed by atoms with E-state index in [1.165, 1.54) is 0 Å². The van der Waals surface area contributed by atoms with Crippen LogP contribution in [0.4, 0.5) is 11.5 Å². The number of piperidine rings is 1. The Balaban J connectivity index is 1.31. The van der Waals surface area contributed by atoms with Gasteiger partial charge in [0.15, 0.2) is 11.6 Å². The smallest absolute Gasteiger partial charge is 0.263 e. The third kappa shape index (κ3) is 5.44. The predicted molar refractivity (Wildman–Crippen MR) is 147 cm³/mol. The second-order valence-electron chi connectivity index (χ2n) is 11.0. The number of nitrogen functional groups attached to an aromatic ring is 1. The number of rotatable bonds is 6. The number of nitrogens with zero attached hydrogens (tertiary/aromatic N) is 6. The molecule has 2 aromatic heterocycles. The van der Waals surface area contributed by atoms with Crippen molar-refractivity contribution in [3.8, 4) is 22.9 Å². The maximum atomic E-state index is 11.4. The fourth-order valence-corrected chi connectivity index (χ4v) is 5.63. The molecule has 3 saturated heterocycles. The summed E-state index contributed by atoms with van der Waals surface area (Å²) >= 11 is 0. The van der Waals surface area contributed by atoms with Gasteiger partial charge in [0.1, 0.15) is 5.60 Å². The highest BCUT2D eigenvalue weighted by Gasteiger charge is 2.35. The van der Waals surface area contributed by atoms with E-state index in [0.717, 1.165) is 49.3 Å². The van der Waals surface area contributed by atoms with Gasteiger partial charge in [-0.15, -0.1) is 0 Å². The number of anilines is 2. The molecule has 208 valence electrons. The van der Waals surface area contributed by atoms with E-state index in [-0.39, 0.29) is 24.3 Å². The molecule has 2 atom stereocenters. The van der Waals surface area contributed by atoms with Gasteiger partial charge in [-0.05, 0) is 63.7 Å². The van der Waals surface area contributed by atoms with E-state index in [1.54, 1.807) is 12.4 Å². The molecule has 6 rings (SSSR count). The number of ether oxygens (including phenoxy) is 3. The standard InChI is InChI=1S/C28H37N7O4/c1-19-17-37-10-8-34(19)23-12-20(11-21(13-23)28(36)5-9-38-18-28)25-15-30-26(29)27(32-25)39-24-14-31-35(16-24)22-3-6-33(2)7-4-22/h11-16,19,22,36H,3-10,17-18H2,1-2H3,(H2,29,30)/t19-,28-/m0/s1. The fraction of sp³-hybridized carbons (Fsp3) is 0.536. The van der Waals surface area contributed by atoms with E-state index in [0.29, 0.717) is 43.7 Å². The molecule has 3 aliphatic heterocycles. The molecule has 3 N–H and O–H groups in total. The summed E-state index contributed by atoms with van der Waals surface area (Å²) in [5.41, 5.74) is 8.36. The summed E-state index contributed by atoms with van der Waals surface area (Å²) in [4.78, 5) is 13.8. The molecule has 0 saturated carbocycles. The van der Waals surface area contributed by atoms with Crippen LogP contribution in [0.2, 0.25) is 0 Å². The highest BCUT2D eigenvalue weighted by atomic mass is 16.5. The second-order valence-corrected chi connectivity index (χ2v) is 11.0.